The van der Waals surface area contributed by atoms with Gasteiger partial charge in [0.15, 0.2) is 5.82 Å². The summed E-state index contributed by atoms with van der Waals surface area (Å²) >= 11 is 5.49. The highest BCUT2D eigenvalue weighted by Crippen LogP contribution is 2.30. The molecule has 0 saturated carbocycles. The van der Waals surface area contributed by atoms with Crippen LogP contribution in [-0.2, 0) is 4.79 Å². The predicted octanol–water partition coefficient (Wildman–Crippen LogP) is 1.51. The van der Waals surface area contributed by atoms with Gasteiger partial charge in [0.1, 0.15) is 17.9 Å². The molecule has 1 rings (SSSR count). The van der Waals surface area contributed by atoms with Crippen LogP contribution in [-0.4, -0.2) is 42.0 Å². The number of nitrogens with zero attached hydrogens (tertiary/aromatic N) is 3. The highest BCUT2D eigenvalue weighted by atomic mass is 35.5. The van der Waals surface area contributed by atoms with Gasteiger partial charge in [-0.25, -0.2) is 4.98 Å². The number of halogens is 1. The number of hydrogen-bond acceptors (Lipinski definition) is 5. The number of alkyl halides is 1. The Morgan fingerprint density at radius 1 is 1.44 bits per heavy atom. The molecule has 0 atom stereocenters. The molecule has 0 aliphatic heterocycles. The van der Waals surface area contributed by atoms with E-state index in [0.29, 0.717) is 17.4 Å². The molecule has 0 radical (unpaired) electrons. The number of methoxy groups -OCH3 is 1. The lowest BCUT2D eigenvalue weighted by molar-refractivity contribution is -0.113. The summed E-state index contributed by atoms with van der Waals surface area (Å²) in [4.78, 5) is 21.6. The molecule has 1 heterocycles. The van der Waals surface area contributed by atoms with Crippen LogP contribution < -0.4 is 15.0 Å². The van der Waals surface area contributed by atoms with Crippen molar-refractivity contribution in [1.29, 1.82) is 0 Å². The number of aromatic nitrogens is 2. The van der Waals surface area contributed by atoms with E-state index >= 15 is 0 Å². The molecular formula is C11H17ClN4O2. The maximum Gasteiger partial charge on any atom is 0.242 e. The summed E-state index contributed by atoms with van der Waals surface area (Å²) in [7, 11) is 1.49. The van der Waals surface area contributed by atoms with Gasteiger partial charge in [0.25, 0.3) is 0 Å². The summed E-state index contributed by atoms with van der Waals surface area (Å²) in [5.41, 5.74) is 0.453. The Balaban J connectivity index is 3.19. The Labute approximate surface area is 111 Å². The number of hydrogen-bond donors (Lipinski definition) is 1. The lowest BCUT2D eigenvalue weighted by Gasteiger charge is -2.23. The molecule has 0 aromatic carbocycles. The van der Waals surface area contributed by atoms with Gasteiger partial charge in [-0.15, -0.1) is 11.6 Å². The van der Waals surface area contributed by atoms with E-state index < -0.39 is 0 Å². The summed E-state index contributed by atoms with van der Waals surface area (Å²) in [6.45, 7) is 5.54. The fourth-order valence-electron chi connectivity index (χ4n) is 1.56. The van der Waals surface area contributed by atoms with Gasteiger partial charge in [0.05, 0.1) is 7.11 Å². The van der Waals surface area contributed by atoms with Gasteiger partial charge < -0.3 is 15.0 Å². The summed E-state index contributed by atoms with van der Waals surface area (Å²) in [5, 5.41) is 2.67. The third-order valence-corrected chi connectivity index (χ3v) is 2.68. The molecule has 0 saturated heterocycles. The highest BCUT2D eigenvalue weighted by Gasteiger charge is 2.18. The average molecular weight is 273 g/mol. The Kier molecular flexibility index (Phi) is 5.64. The maximum absolute atomic E-state index is 11.4. The Bertz CT molecular complexity index is 410. The zero-order valence-corrected chi connectivity index (χ0v) is 11.5. The second-order valence-electron chi connectivity index (χ2n) is 3.44. The first-order chi connectivity index (χ1) is 8.67. The second-order valence-corrected chi connectivity index (χ2v) is 3.70. The first-order valence-electron chi connectivity index (χ1n) is 5.67. The summed E-state index contributed by atoms with van der Waals surface area (Å²) in [5.74, 6) is 0.504. The number of rotatable bonds is 6. The van der Waals surface area contributed by atoms with Crippen molar-refractivity contribution in [2.24, 2.45) is 0 Å². The van der Waals surface area contributed by atoms with Crippen LogP contribution in [0, 0.1) is 0 Å². The molecule has 0 aliphatic carbocycles. The van der Waals surface area contributed by atoms with Gasteiger partial charge in [0, 0.05) is 13.1 Å². The maximum atomic E-state index is 11.4. The molecule has 0 aliphatic rings. The van der Waals surface area contributed by atoms with Crippen LogP contribution >= 0.6 is 11.6 Å². The van der Waals surface area contributed by atoms with Crippen molar-refractivity contribution in [3.05, 3.63) is 6.33 Å². The summed E-state index contributed by atoms with van der Waals surface area (Å²) in [6, 6.07) is 0. The normalized spacial score (nSPS) is 10.0. The van der Waals surface area contributed by atoms with Crippen molar-refractivity contribution in [3.8, 4) is 5.88 Å². The van der Waals surface area contributed by atoms with Crippen molar-refractivity contribution >= 4 is 29.0 Å². The Morgan fingerprint density at radius 3 is 2.61 bits per heavy atom. The fraction of sp³-hybridized carbons (Fsp3) is 0.545. The smallest absolute Gasteiger partial charge is 0.242 e. The monoisotopic (exact) mass is 272 g/mol. The van der Waals surface area contributed by atoms with Crippen molar-refractivity contribution in [2.45, 2.75) is 13.8 Å². The molecule has 6 nitrogen and oxygen atoms in total. The van der Waals surface area contributed by atoms with E-state index in [1.54, 1.807) is 0 Å². The van der Waals surface area contributed by atoms with Gasteiger partial charge in [-0.1, -0.05) is 0 Å². The SMILES string of the molecule is CCN(CC)c1ncnc(OC)c1NC(=O)CCl. The van der Waals surface area contributed by atoms with Crippen LogP contribution in [0.1, 0.15) is 13.8 Å². The van der Waals surface area contributed by atoms with Crippen LogP contribution in [0.2, 0.25) is 0 Å². The predicted molar refractivity (Wildman–Crippen MR) is 71.5 cm³/mol. The van der Waals surface area contributed by atoms with E-state index in [9.17, 15) is 4.79 Å². The topological polar surface area (TPSA) is 67.3 Å². The molecule has 1 aromatic heterocycles. The number of ether oxygens (including phenoxy) is 1. The van der Waals surface area contributed by atoms with E-state index in [2.05, 4.69) is 15.3 Å². The van der Waals surface area contributed by atoms with Gasteiger partial charge >= 0.3 is 0 Å². The number of carbonyl (C=O) groups is 1. The fourth-order valence-corrected chi connectivity index (χ4v) is 1.63. The van der Waals surface area contributed by atoms with Crippen molar-refractivity contribution < 1.29 is 9.53 Å². The zero-order valence-electron chi connectivity index (χ0n) is 10.7. The zero-order chi connectivity index (χ0) is 13.5. The lowest BCUT2D eigenvalue weighted by Crippen LogP contribution is -2.26. The van der Waals surface area contributed by atoms with Crippen LogP contribution in [0.4, 0.5) is 11.5 Å². The van der Waals surface area contributed by atoms with Crippen LogP contribution in [0.3, 0.4) is 0 Å². The Morgan fingerprint density at radius 2 is 2.11 bits per heavy atom. The van der Waals surface area contributed by atoms with E-state index in [1.165, 1.54) is 13.4 Å². The number of anilines is 2. The molecular weight excluding hydrogens is 256 g/mol. The molecule has 7 heteroatoms. The second kappa shape index (κ2) is 7.00. The van der Waals surface area contributed by atoms with Gasteiger partial charge in [0.2, 0.25) is 11.8 Å². The summed E-state index contributed by atoms with van der Waals surface area (Å²) in [6.07, 6.45) is 1.41. The molecule has 1 amide bonds. The molecule has 1 aromatic rings. The molecule has 18 heavy (non-hydrogen) atoms. The van der Waals surface area contributed by atoms with Crippen molar-refractivity contribution in [2.75, 3.05) is 36.3 Å². The van der Waals surface area contributed by atoms with Crippen molar-refractivity contribution in [1.82, 2.24) is 9.97 Å². The molecule has 0 fully saturated rings. The van der Waals surface area contributed by atoms with Crippen LogP contribution in [0.15, 0.2) is 6.33 Å². The minimum atomic E-state index is -0.321. The Hall–Kier alpha value is -1.56. The van der Waals surface area contributed by atoms with Gasteiger partial charge in [-0.05, 0) is 13.8 Å². The summed E-state index contributed by atoms with van der Waals surface area (Å²) < 4.78 is 5.13. The van der Waals surface area contributed by atoms with Crippen LogP contribution in [0.25, 0.3) is 0 Å². The lowest BCUT2D eigenvalue weighted by atomic mass is 10.3. The quantitative estimate of drug-likeness (QED) is 0.795. The number of amides is 1. The average Bonchev–Trinajstić information content (AvgIpc) is 2.41. The molecule has 0 bridgehead atoms. The minimum absolute atomic E-state index is 0.129. The van der Waals surface area contributed by atoms with E-state index in [0.717, 1.165) is 13.1 Å². The van der Waals surface area contributed by atoms with E-state index in [4.69, 9.17) is 16.3 Å². The molecule has 0 spiro atoms. The van der Waals surface area contributed by atoms with Crippen molar-refractivity contribution in [3.63, 3.8) is 0 Å². The largest absolute Gasteiger partial charge is 0.479 e. The minimum Gasteiger partial charge on any atom is -0.479 e. The third-order valence-electron chi connectivity index (χ3n) is 2.43. The number of carbonyl (C=O) groups excluding carboxylic acids is 1. The first-order valence-corrected chi connectivity index (χ1v) is 6.21. The third kappa shape index (κ3) is 3.22. The first kappa shape index (κ1) is 14.5. The standard InChI is InChI=1S/C11H17ClN4O2/c1-4-16(5-2)10-9(15-8(17)6-12)11(18-3)14-7-13-10/h7H,4-6H2,1-3H3,(H,15,17). The molecule has 0 unspecified atom stereocenters. The van der Waals surface area contributed by atoms with E-state index in [-0.39, 0.29) is 11.8 Å². The van der Waals surface area contributed by atoms with Crippen LogP contribution in [0.5, 0.6) is 5.88 Å². The number of nitrogens with one attached hydrogen (secondary N) is 1. The molecule has 100 valence electrons. The van der Waals surface area contributed by atoms with Gasteiger partial charge in [-0.3, -0.25) is 4.79 Å². The van der Waals surface area contributed by atoms with Gasteiger partial charge in [-0.2, -0.15) is 4.98 Å². The van der Waals surface area contributed by atoms with E-state index in [1.807, 2.05) is 18.7 Å². The molecule has 1 N–H and O–H groups in total. The highest BCUT2D eigenvalue weighted by molar-refractivity contribution is 6.29.